The van der Waals surface area contributed by atoms with E-state index < -0.39 is 12.1 Å². The van der Waals surface area contributed by atoms with Crippen LogP contribution in [0, 0.1) is 0 Å². The Labute approximate surface area is 356 Å². The summed E-state index contributed by atoms with van der Waals surface area (Å²) in [4.78, 5) is 37.8. The molecule has 0 fully saturated rings. The Hall–Kier alpha value is -3.67. The Morgan fingerprint density at radius 2 is 0.793 bits per heavy atom. The van der Waals surface area contributed by atoms with Gasteiger partial charge in [0.25, 0.3) is 0 Å². The average Bonchev–Trinajstić information content (AvgIpc) is 3.22. The number of hydrogen-bond acceptors (Lipinski definition) is 6. The molecule has 0 N–H and O–H groups in total. The van der Waals surface area contributed by atoms with Crippen LogP contribution in [0.3, 0.4) is 0 Å². The first-order valence-electron chi connectivity index (χ1n) is 23.3. The van der Waals surface area contributed by atoms with Crippen LogP contribution in [0.1, 0.15) is 194 Å². The molecular formula is C52H84O6. The lowest BCUT2D eigenvalue weighted by atomic mass is 10.1. The van der Waals surface area contributed by atoms with Gasteiger partial charge in [0.05, 0.1) is 0 Å². The molecule has 6 heteroatoms. The zero-order chi connectivity index (χ0) is 42.3. The van der Waals surface area contributed by atoms with Crippen molar-refractivity contribution >= 4 is 17.9 Å². The molecule has 0 aliphatic heterocycles. The predicted molar refractivity (Wildman–Crippen MR) is 247 cm³/mol. The summed E-state index contributed by atoms with van der Waals surface area (Å²) in [6.45, 7) is 6.27. The molecule has 328 valence electrons. The Morgan fingerprint density at radius 1 is 0.379 bits per heavy atom. The van der Waals surface area contributed by atoms with E-state index in [0.29, 0.717) is 19.3 Å². The molecule has 0 aromatic carbocycles. The molecule has 0 heterocycles. The number of rotatable bonds is 40. The molecule has 0 aromatic heterocycles. The molecule has 0 radical (unpaired) electrons. The number of hydrogen-bond donors (Lipinski definition) is 0. The average molecular weight is 805 g/mol. The van der Waals surface area contributed by atoms with Crippen LogP contribution in [0.5, 0.6) is 0 Å². The minimum atomic E-state index is -0.823. The van der Waals surface area contributed by atoms with Crippen LogP contribution in [0.2, 0.25) is 0 Å². The largest absolute Gasteiger partial charge is 0.462 e. The fourth-order valence-corrected chi connectivity index (χ4v) is 5.95. The maximum absolute atomic E-state index is 12.7. The lowest BCUT2D eigenvalue weighted by Gasteiger charge is -2.18. The van der Waals surface area contributed by atoms with Gasteiger partial charge in [-0.3, -0.25) is 14.4 Å². The molecule has 0 aliphatic carbocycles. The smallest absolute Gasteiger partial charge is 0.306 e. The van der Waals surface area contributed by atoms with Gasteiger partial charge in [0.15, 0.2) is 6.10 Å². The van der Waals surface area contributed by atoms with Gasteiger partial charge >= 0.3 is 17.9 Å². The van der Waals surface area contributed by atoms with Crippen LogP contribution in [-0.2, 0) is 28.6 Å². The Morgan fingerprint density at radius 3 is 1.31 bits per heavy atom. The summed E-state index contributed by atoms with van der Waals surface area (Å²) in [7, 11) is 0. The van der Waals surface area contributed by atoms with E-state index in [1.54, 1.807) is 0 Å². The zero-order valence-corrected chi connectivity index (χ0v) is 37.3. The van der Waals surface area contributed by atoms with Gasteiger partial charge in [0.2, 0.25) is 0 Å². The first-order chi connectivity index (χ1) is 28.5. The van der Waals surface area contributed by atoms with Crippen molar-refractivity contribution in [2.24, 2.45) is 0 Å². The van der Waals surface area contributed by atoms with E-state index >= 15 is 0 Å². The topological polar surface area (TPSA) is 78.9 Å². The molecular weight excluding hydrogens is 721 g/mol. The third kappa shape index (κ3) is 43.5. The fourth-order valence-electron chi connectivity index (χ4n) is 5.95. The summed E-state index contributed by atoms with van der Waals surface area (Å²) in [6, 6.07) is 0. The number of unbranched alkanes of at least 4 members (excludes halogenated alkanes) is 16. The summed E-state index contributed by atoms with van der Waals surface area (Å²) >= 11 is 0. The van der Waals surface area contributed by atoms with Gasteiger partial charge in [-0.15, -0.1) is 0 Å². The Kier molecular flexibility index (Phi) is 43.1. The summed E-state index contributed by atoms with van der Waals surface area (Å²) in [6.07, 6.45) is 59.7. The number of esters is 3. The molecule has 0 amide bonds. The second-order valence-corrected chi connectivity index (χ2v) is 15.0. The van der Waals surface area contributed by atoms with Crippen LogP contribution < -0.4 is 0 Å². The number of ether oxygens (including phenoxy) is 3. The summed E-state index contributed by atoms with van der Waals surface area (Å²) in [5, 5.41) is 0. The minimum absolute atomic E-state index is 0.117. The van der Waals surface area contributed by atoms with Crippen LogP contribution in [0.4, 0.5) is 0 Å². The van der Waals surface area contributed by atoms with Crippen molar-refractivity contribution < 1.29 is 28.6 Å². The van der Waals surface area contributed by atoms with Crippen molar-refractivity contribution in [3.05, 3.63) is 97.2 Å². The zero-order valence-electron chi connectivity index (χ0n) is 37.3. The predicted octanol–water partition coefficient (Wildman–Crippen LogP) is 15.0. The Balaban J connectivity index is 4.53. The number of allylic oxidation sites excluding steroid dienone is 16. The fraction of sp³-hybridized carbons (Fsp3) is 0.635. The molecule has 1 atom stereocenters. The van der Waals surface area contributed by atoms with Crippen molar-refractivity contribution in [1.29, 1.82) is 0 Å². The second-order valence-electron chi connectivity index (χ2n) is 15.0. The van der Waals surface area contributed by atoms with Gasteiger partial charge in [-0.2, -0.15) is 0 Å². The first kappa shape index (κ1) is 54.3. The van der Waals surface area contributed by atoms with Crippen LogP contribution in [0.25, 0.3) is 0 Å². The first-order valence-corrected chi connectivity index (χ1v) is 23.3. The van der Waals surface area contributed by atoms with E-state index in [-0.39, 0.29) is 31.6 Å². The molecule has 1 unspecified atom stereocenters. The molecule has 0 aromatic rings. The van der Waals surface area contributed by atoms with Gasteiger partial charge in [-0.25, -0.2) is 0 Å². The van der Waals surface area contributed by atoms with Crippen molar-refractivity contribution in [1.82, 2.24) is 0 Å². The van der Waals surface area contributed by atoms with Gasteiger partial charge in [0.1, 0.15) is 13.2 Å². The molecule has 58 heavy (non-hydrogen) atoms. The maximum Gasteiger partial charge on any atom is 0.306 e. The van der Waals surface area contributed by atoms with Crippen molar-refractivity contribution in [2.45, 2.75) is 200 Å². The van der Waals surface area contributed by atoms with Crippen LogP contribution in [-0.4, -0.2) is 37.2 Å². The number of carbonyl (C=O) groups excluding carboxylic acids is 3. The summed E-state index contributed by atoms with van der Waals surface area (Å²) < 4.78 is 16.6. The normalized spacial score (nSPS) is 12.9. The number of carbonyl (C=O) groups is 3. The van der Waals surface area contributed by atoms with Crippen molar-refractivity contribution in [3.8, 4) is 0 Å². The maximum atomic E-state index is 12.7. The quantitative estimate of drug-likeness (QED) is 0.0202. The molecule has 0 spiro atoms. The molecule has 0 aliphatic rings. The molecule has 0 saturated carbocycles. The standard InChI is InChI=1S/C52H84O6/c1-4-7-10-13-16-19-22-25-26-28-30-33-36-39-42-45-51(54)57-48-49(47-56-50(53)44-41-38-35-32-29-24-21-18-15-12-9-6-3)58-52(55)46-43-40-37-34-31-27-23-20-17-14-11-8-5-2/h7,9-10,12-13,16,18-19,21-22,25-27,31,37,40,49H,4-6,8,11,14-15,17,20,23-24,28-30,32-36,38-39,41-48H2,1-3H3/b10-7-,12-9-,16-13-,21-18-,22-19-,26-25-,31-27-,40-37-. The van der Waals surface area contributed by atoms with E-state index in [2.05, 4.69) is 87.6 Å². The molecule has 0 rings (SSSR count). The van der Waals surface area contributed by atoms with E-state index in [4.69, 9.17) is 14.2 Å². The lowest BCUT2D eigenvalue weighted by Crippen LogP contribution is -2.30. The van der Waals surface area contributed by atoms with E-state index in [1.807, 2.05) is 30.4 Å². The Bertz CT molecular complexity index is 1200. The lowest BCUT2D eigenvalue weighted by molar-refractivity contribution is -0.166. The third-order valence-corrected chi connectivity index (χ3v) is 9.41. The highest BCUT2D eigenvalue weighted by atomic mass is 16.6. The van der Waals surface area contributed by atoms with Gasteiger partial charge in [0, 0.05) is 19.3 Å². The summed E-state index contributed by atoms with van der Waals surface area (Å²) in [5.74, 6) is -1.03. The van der Waals surface area contributed by atoms with Gasteiger partial charge < -0.3 is 14.2 Å². The second kappa shape index (κ2) is 46.0. The van der Waals surface area contributed by atoms with E-state index in [9.17, 15) is 14.4 Å². The van der Waals surface area contributed by atoms with Crippen molar-refractivity contribution in [2.75, 3.05) is 13.2 Å². The SMILES string of the molecule is CC\C=C/C=C\C=C/C=C\CCCCCCCC(=O)OCC(COC(=O)CCCCCCC/C=C\C/C=C\CC)OC(=O)CC/C=C\C/C=C\CCCCCCCC. The third-order valence-electron chi connectivity index (χ3n) is 9.41. The molecule has 0 bridgehead atoms. The van der Waals surface area contributed by atoms with Gasteiger partial charge in [-0.05, 0) is 83.5 Å². The van der Waals surface area contributed by atoms with Gasteiger partial charge in [-0.1, -0.05) is 189 Å². The highest BCUT2D eigenvalue weighted by molar-refractivity contribution is 5.71. The van der Waals surface area contributed by atoms with Crippen LogP contribution in [0.15, 0.2) is 97.2 Å². The van der Waals surface area contributed by atoms with E-state index in [1.165, 1.54) is 38.5 Å². The highest BCUT2D eigenvalue weighted by Gasteiger charge is 2.19. The monoisotopic (exact) mass is 805 g/mol. The van der Waals surface area contributed by atoms with Crippen molar-refractivity contribution in [3.63, 3.8) is 0 Å². The van der Waals surface area contributed by atoms with E-state index in [0.717, 1.165) is 109 Å². The highest BCUT2D eigenvalue weighted by Crippen LogP contribution is 2.12. The van der Waals surface area contributed by atoms with Crippen LogP contribution >= 0.6 is 0 Å². The molecule has 6 nitrogen and oxygen atoms in total. The minimum Gasteiger partial charge on any atom is -0.462 e. The summed E-state index contributed by atoms with van der Waals surface area (Å²) in [5.41, 5.74) is 0. The molecule has 0 saturated heterocycles.